The summed E-state index contributed by atoms with van der Waals surface area (Å²) in [6.45, 7) is 3.66. The van der Waals surface area contributed by atoms with E-state index in [2.05, 4.69) is 37.8 Å². The molecule has 233 valence electrons. The number of halogens is 4. The fourth-order valence-corrected chi connectivity index (χ4v) is 9.15. The summed E-state index contributed by atoms with van der Waals surface area (Å²) in [5.41, 5.74) is 3.35. The zero-order valence-corrected chi connectivity index (χ0v) is 27.8. The number of piperidine rings is 1. The van der Waals surface area contributed by atoms with Crippen LogP contribution < -0.4 is 9.67 Å². The molecule has 2 aliphatic heterocycles. The number of benzene rings is 3. The van der Waals surface area contributed by atoms with Crippen LogP contribution in [-0.2, 0) is 4.74 Å². The van der Waals surface area contributed by atoms with Crippen LogP contribution in [0, 0.1) is 23.0 Å². The van der Waals surface area contributed by atoms with Gasteiger partial charge in [0.05, 0.1) is 0 Å². The van der Waals surface area contributed by atoms with Crippen LogP contribution in [0.4, 0.5) is 20.2 Å². The van der Waals surface area contributed by atoms with Crippen molar-refractivity contribution in [3.05, 3.63) is 105 Å². The number of nitrogens with zero attached hydrogens (tertiary/aromatic N) is 6. The summed E-state index contributed by atoms with van der Waals surface area (Å²) in [7, 11) is 0. The van der Waals surface area contributed by atoms with Gasteiger partial charge in [-0.15, -0.1) is 0 Å². The molecule has 8 nitrogen and oxygen atoms in total. The molecular formula is C33H27AsCl2F2N7O. The summed E-state index contributed by atoms with van der Waals surface area (Å²) in [5, 5.41) is 23.9. The fourth-order valence-electron chi connectivity index (χ4n) is 5.91. The minimum atomic E-state index is -0.997. The number of hydrogen-bond donors (Lipinski definition) is 1. The molecule has 13 heteroatoms. The second-order valence-electron chi connectivity index (χ2n) is 11.4. The summed E-state index contributed by atoms with van der Waals surface area (Å²) in [5.74, 6) is -1.96. The first-order valence-corrected chi connectivity index (χ1v) is 17.6. The minimum absolute atomic E-state index is 0.0855. The molecule has 1 radical (unpaired) electrons. The van der Waals surface area contributed by atoms with Gasteiger partial charge in [-0.2, -0.15) is 0 Å². The van der Waals surface area contributed by atoms with Crippen LogP contribution in [0.1, 0.15) is 40.4 Å². The third-order valence-corrected chi connectivity index (χ3v) is 11.9. The molecule has 4 heterocycles. The molecule has 46 heavy (non-hydrogen) atoms. The van der Waals surface area contributed by atoms with Crippen LogP contribution >= 0.6 is 23.2 Å². The van der Waals surface area contributed by atoms with E-state index in [9.17, 15) is 14.0 Å². The zero-order valence-electron chi connectivity index (χ0n) is 24.4. The Labute approximate surface area is 281 Å². The SMILES string of the molecule is N#Cc1cnc2c(Cl)cc([As][C@@H](c3ccc(Cl)cc3)c3cn(C4CCN(C5COC5)CC4)nn3)cc2c1Nc1ccc(F)c(F)c1. The Morgan fingerprint density at radius 3 is 2.48 bits per heavy atom. The molecule has 0 bridgehead atoms. The third kappa shape index (κ3) is 6.35. The van der Waals surface area contributed by atoms with Crippen molar-refractivity contribution in [1.82, 2.24) is 24.9 Å². The summed E-state index contributed by atoms with van der Waals surface area (Å²) in [4.78, 5) is 6.95. The van der Waals surface area contributed by atoms with Gasteiger partial charge in [-0.05, 0) is 0 Å². The van der Waals surface area contributed by atoms with Gasteiger partial charge >= 0.3 is 282 Å². The number of fused-ring (bicyclic) bond motifs is 1. The van der Waals surface area contributed by atoms with Crippen molar-refractivity contribution < 1.29 is 13.5 Å². The Morgan fingerprint density at radius 2 is 1.78 bits per heavy atom. The predicted molar refractivity (Wildman–Crippen MR) is 174 cm³/mol. The molecule has 5 aromatic rings. The predicted octanol–water partition coefficient (Wildman–Crippen LogP) is 6.18. The monoisotopic (exact) mass is 720 g/mol. The molecule has 0 unspecified atom stereocenters. The molecule has 0 spiro atoms. The number of aromatic nitrogens is 4. The van der Waals surface area contributed by atoms with Gasteiger partial charge < -0.3 is 0 Å². The van der Waals surface area contributed by atoms with Gasteiger partial charge in [-0.25, -0.2) is 0 Å². The van der Waals surface area contributed by atoms with Gasteiger partial charge in [-0.1, -0.05) is 0 Å². The first-order chi connectivity index (χ1) is 22.4. The van der Waals surface area contributed by atoms with Crippen molar-refractivity contribution in [3.63, 3.8) is 0 Å². The van der Waals surface area contributed by atoms with Gasteiger partial charge in [0.25, 0.3) is 0 Å². The molecule has 2 aromatic heterocycles. The van der Waals surface area contributed by atoms with Gasteiger partial charge in [-0.3, -0.25) is 0 Å². The normalized spacial score (nSPS) is 16.9. The fraction of sp³-hybridized carbons (Fsp3) is 0.273. The van der Waals surface area contributed by atoms with Crippen LogP contribution in [0.25, 0.3) is 10.9 Å². The molecule has 7 rings (SSSR count). The van der Waals surface area contributed by atoms with Crippen LogP contribution in [0.5, 0.6) is 0 Å². The maximum atomic E-state index is 14.0. The van der Waals surface area contributed by atoms with Crippen LogP contribution in [0.3, 0.4) is 0 Å². The van der Waals surface area contributed by atoms with Crippen molar-refractivity contribution in [1.29, 1.82) is 5.26 Å². The van der Waals surface area contributed by atoms with E-state index in [1.165, 1.54) is 12.3 Å². The Balaban J connectivity index is 1.22. The van der Waals surface area contributed by atoms with Crippen molar-refractivity contribution in [3.8, 4) is 6.07 Å². The van der Waals surface area contributed by atoms with Gasteiger partial charge in [0.2, 0.25) is 0 Å². The van der Waals surface area contributed by atoms with Crippen LogP contribution in [0.2, 0.25) is 10.0 Å². The van der Waals surface area contributed by atoms with E-state index in [0.29, 0.717) is 38.4 Å². The van der Waals surface area contributed by atoms with E-state index < -0.39 is 27.4 Å². The van der Waals surface area contributed by atoms with Gasteiger partial charge in [0.1, 0.15) is 0 Å². The van der Waals surface area contributed by atoms with E-state index >= 15 is 0 Å². The molecule has 2 saturated heterocycles. The topological polar surface area (TPSA) is 91.9 Å². The molecule has 1 atom stereocenters. The molecule has 1 N–H and O–H groups in total. The number of nitriles is 1. The second-order valence-corrected chi connectivity index (χ2v) is 15.0. The third-order valence-electron chi connectivity index (χ3n) is 8.50. The molecule has 0 saturated carbocycles. The van der Waals surface area contributed by atoms with Gasteiger partial charge in [0.15, 0.2) is 0 Å². The second kappa shape index (κ2) is 13.3. The summed E-state index contributed by atoms with van der Waals surface area (Å²) >= 11 is 12.4. The quantitative estimate of drug-likeness (QED) is 0.192. The number of hydrogen-bond acceptors (Lipinski definition) is 7. The molecule has 2 aliphatic rings. The van der Waals surface area contributed by atoms with E-state index in [4.69, 9.17) is 27.9 Å². The molecule has 0 aliphatic carbocycles. The Hall–Kier alpha value is -3.58. The Kier molecular flexibility index (Phi) is 8.95. The number of pyridine rings is 1. The average molecular weight is 721 g/mol. The molecule has 3 aromatic carbocycles. The molecule has 2 fully saturated rings. The van der Waals surface area contributed by atoms with Crippen molar-refractivity contribution in [2.24, 2.45) is 0 Å². The Bertz CT molecular complexity index is 1940. The first-order valence-electron chi connectivity index (χ1n) is 14.8. The molecular weight excluding hydrogens is 694 g/mol. The van der Waals surface area contributed by atoms with Crippen LogP contribution in [-0.4, -0.2) is 73.0 Å². The van der Waals surface area contributed by atoms with E-state index in [-0.39, 0.29) is 16.3 Å². The average Bonchev–Trinajstić information content (AvgIpc) is 3.52. The van der Waals surface area contributed by atoms with E-state index in [1.807, 2.05) is 41.1 Å². The van der Waals surface area contributed by atoms with Crippen molar-refractivity contribution >= 4 is 65.6 Å². The number of ether oxygens (including phenoxy) is 1. The number of likely N-dealkylation sites (tertiary alicyclic amines) is 1. The van der Waals surface area contributed by atoms with Crippen molar-refractivity contribution in [2.75, 3.05) is 31.6 Å². The first kappa shape index (κ1) is 31.0. The summed E-state index contributed by atoms with van der Waals surface area (Å²) in [6.07, 6.45) is 5.49. The number of rotatable bonds is 8. The summed E-state index contributed by atoms with van der Waals surface area (Å²) in [6, 6.07) is 18.1. The number of anilines is 2. The van der Waals surface area contributed by atoms with E-state index in [0.717, 1.165) is 66.9 Å². The van der Waals surface area contributed by atoms with E-state index in [1.54, 1.807) is 0 Å². The molecule has 0 amide bonds. The van der Waals surface area contributed by atoms with Crippen LogP contribution in [0.15, 0.2) is 67.0 Å². The zero-order chi connectivity index (χ0) is 31.8. The number of nitrogens with one attached hydrogen (secondary N) is 1. The van der Waals surface area contributed by atoms with Crippen molar-refractivity contribution in [2.45, 2.75) is 29.6 Å². The Morgan fingerprint density at radius 1 is 1.00 bits per heavy atom. The summed E-state index contributed by atoms with van der Waals surface area (Å²) < 4.78 is 35.9. The standard InChI is InChI=1S/C33H27AsCl2F2N7O/c35-22-3-1-19(2-4-22)31(30-16-45(43-42-30)24-7-9-44(10-8-24)25-17-46-18-25)34-21-11-26-32(41-23-5-6-28(37)29(38)13-23)20(14-39)15-40-33(26)27(36)12-21/h1-6,11-13,15-16,24-25,31H,7-10,17-18H2,(H,40,41)/t31-/m0/s1. The van der Waals surface area contributed by atoms with Gasteiger partial charge in [0, 0.05) is 0 Å². The maximum absolute atomic E-state index is 14.0.